The van der Waals surface area contributed by atoms with Crippen LogP contribution in [0.4, 0.5) is 0 Å². The van der Waals surface area contributed by atoms with Crippen LogP contribution >= 0.6 is 11.3 Å². The maximum absolute atomic E-state index is 12.9. The van der Waals surface area contributed by atoms with E-state index in [-0.39, 0.29) is 12.1 Å². The van der Waals surface area contributed by atoms with E-state index >= 15 is 0 Å². The van der Waals surface area contributed by atoms with Gasteiger partial charge in [0.25, 0.3) is 11.5 Å². The third kappa shape index (κ3) is 3.63. The van der Waals surface area contributed by atoms with Crippen LogP contribution in [0.2, 0.25) is 0 Å². The molecule has 0 fully saturated rings. The summed E-state index contributed by atoms with van der Waals surface area (Å²) in [5.74, 6) is 0.0831. The number of carbonyl (C=O) groups is 1. The van der Waals surface area contributed by atoms with Crippen LogP contribution in [0.3, 0.4) is 0 Å². The molecule has 28 heavy (non-hydrogen) atoms. The quantitative estimate of drug-likeness (QED) is 0.417. The van der Waals surface area contributed by atoms with E-state index in [9.17, 15) is 9.59 Å². The van der Waals surface area contributed by atoms with Gasteiger partial charge in [0.05, 0.1) is 24.2 Å². The van der Waals surface area contributed by atoms with E-state index in [0.717, 1.165) is 16.7 Å². The first-order chi connectivity index (χ1) is 13.6. The monoisotopic (exact) mass is 392 g/mol. The lowest BCUT2D eigenvalue weighted by Gasteiger charge is -2.05. The minimum Gasteiger partial charge on any atom is -0.463 e. The molecule has 0 saturated heterocycles. The summed E-state index contributed by atoms with van der Waals surface area (Å²) in [4.78, 5) is 30.0. The number of amides is 1. The summed E-state index contributed by atoms with van der Waals surface area (Å²) >= 11 is 1.41. The Balaban J connectivity index is 1.59. The number of rotatable bonds is 5. The molecular weight excluding hydrogens is 376 g/mol. The molecule has 1 amide bonds. The Hall–Kier alpha value is -3.52. The summed E-state index contributed by atoms with van der Waals surface area (Å²) in [5.41, 5.74) is 5.03. The molecule has 0 bridgehead atoms. The van der Waals surface area contributed by atoms with Crippen LogP contribution in [-0.4, -0.2) is 21.7 Å². The van der Waals surface area contributed by atoms with Crippen LogP contribution in [0.15, 0.2) is 68.7 Å². The third-order valence-corrected chi connectivity index (χ3v) is 5.05. The molecule has 3 aromatic heterocycles. The van der Waals surface area contributed by atoms with E-state index in [4.69, 9.17) is 4.42 Å². The van der Waals surface area contributed by atoms with Gasteiger partial charge in [-0.2, -0.15) is 5.10 Å². The van der Waals surface area contributed by atoms with Gasteiger partial charge < -0.3 is 4.42 Å². The molecule has 1 aromatic carbocycles. The van der Waals surface area contributed by atoms with E-state index in [1.807, 2.05) is 36.6 Å². The molecule has 0 radical (unpaired) electrons. The number of aryl methyl sites for hydroxylation is 1. The standard InChI is InChI=1S/C20H16N4O3S/c1-13-4-6-14(7-5-13)16-11-28-19-18(16)20(26)24(12-21-19)10-17(25)23-22-9-15-3-2-8-27-15/h2-9,11-12H,10H2,1H3,(H,23,25)/b22-9+. The maximum Gasteiger partial charge on any atom is 0.263 e. The number of fused-ring (bicyclic) bond motifs is 1. The SMILES string of the molecule is Cc1ccc(-c2csc3ncn(CC(=O)N/N=C/c4ccco4)c(=O)c23)cc1. The smallest absolute Gasteiger partial charge is 0.263 e. The van der Waals surface area contributed by atoms with E-state index < -0.39 is 5.91 Å². The number of hydrazone groups is 1. The van der Waals surface area contributed by atoms with Crippen molar-refractivity contribution in [3.63, 3.8) is 0 Å². The summed E-state index contributed by atoms with van der Waals surface area (Å²) in [6.45, 7) is 1.83. The number of nitrogens with zero attached hydrogens (tertiary/aromatic N) is 3. The van der Waals surface area contributed by atoms with Crippen LogP contribution in [0, 0.1) is 6.92 Å². The second-order valence-electron chi connectivity index (χ2n) is 6.18. The molecule has 0 aliphatic rings. The van der Waals surface area contributed by atoms with E-state index in [2.05, 4.69) is 15.5 Å². The van der Waals surface area contributed by atoms with Gasteiger partial charge in [-0.05, 0) is 24.6 Å². The maximum atomic E-state index is 12.9. The molecule has 0 spiro atoms. The van der Waals surface area contributed by atoms with E-state index in [0.29, 0.717) is 16.0 Å². The highest BCUT2D eigenvalue weighted by Crippen LogP contribution is 2.30. The van der Waals surface area contributed by atoms with Crippen molar-refractivity contribution in [1.29, 1.82) is 0 Å². The van der Waals surface area contributed by atoms with Gasteiger partial charge in [-0.25, -0.2) is 10.4 Å². The lowest BCUT2D eigenvalue weighted by molar-refractivity contribution is -0.121. The second kappa shape index (κ2) is 7.61. The van der Waals surface area contributed by atoms with Gasteiger partial charge in [0.2, 0.25) is 0 Å². The first-order valence-electron chi connectivity index (χ1n) is 8.51. The van der Waals surface area contributed by atoms with Crippen LogP contribution < -0.4 is 11.0 Å². The molecule has 0 unspecified atom stereocenters. The summed E-state index contributed by atoms with van der Waals surface area (Å²) in [6.07, 6.45) is 4.28. The van der Waals surface area contributed by atoms with Crippen molar-refractivity contribution in [2.24, 2.45) is 5.10 Å². The first-order valence-corrected chi connectivity index (χ1v) is 9.39. The second-order valence-corrected chi connectivity index (χ2v) is 7.04. The van der Waals surface area contributed by atoms with Crippen LogP contribution in [0.5, 0.6) is 0 Å². The van der Waals surface area contributed by atoms with Gasteiger partial charge in [0, 0.05) is 10.9 Å². The number of hydrogen-bond donors (Lipinski definition) is 1. The number of thiophene rings is 1. The first kappa shape index (κ1) is 17.9. The lowest BCUT2D eigenvalue weighted by atomic mass is 10.1. The molecule has 0 aliphatic carbocycles. The Morgan fingerprint density at radius 1 is 1.32 bits per heavy atom. The Kier molecular flexibility index (Phi) is 4.86. The van der Waals surface area contributed by atoms with Gasteiger partial charge >= 0.3 is 0 Å². The molecule has 1 N–H and O–H groups in total. The molecule has 0 saturated carbocycles. The van der Waals surface area contributed by atoms with Gasteiger partial charge in [-0.3, -0.25) is 14.2 Å². The molecule has 0 aliphatic heterocycles. The highest BCUT2D eigenvalue weighted by molar-refractivity contribution is 7.17. The molecule has 8 heteroatoms. The number of furan rings is 1. The van der Waals surface area contributed by atoms with Crippen LogP contribution in [0.1, 0.15) is 11.3 Å². The molecule has 0 atom stereocenters. The van der Waals surface area contributed by atoms with Gasteiger partial charge in [-0.1, -0.05) is 29.8 Å². The normalized spacial score (nSPS) is 11.3. The molecule has 3 heterocycles. The Bertz CT molecular complexity index is 1200. The molecule has 140 valence electrons. The fourth-order valence-corrected chi connectivity index (χ4v) is 3.65. The number of carbonyl (C=O) groups excluding carboxylic acids is 1. The number of hydrogen-bond acceptors (Lipinski definition) is 6. The Morgan fingerprint density at radius 3 is 2.89 bits per heavy atom. The van der Waals surface area contributed by atoms with Crippen LogP contribution in [-0.2, 0) is 11.3 Å². The average Bonchev–Trinajstić information content (AvgIpc) is 3.35. The largest absolute Gasteiger partial charge is 0.463 e. The topological polar surface area (TPSA) is 89.5 Å². The van der Waals surface area contributed by atoms with Gasteiger partial charge in [-0.15, -0.1) is 11.3 Å². The van der Waals surface area contributed by atoms with Crippen LogP contribution in [0.25, 0.3) is 21.3 Å². The Labute approximate surface area is 164 Å². The summed E-state index contributed by atoms with van der Waals surface area (Å²) in [5, 5.41) is 6.25. The predicted molar refractivity (Wildman–Crippen MR) is 108 cm³/mol. The zero-order chi connectivity index (χ0) is 19.5. The van der Waals surface area contributed by atoms with Crippen molar-refractivity contribution >= 4 is 33.7 Å². The number of aromatic nitrogens is 2. The van der Waals surface area contributed by atoms with Crippen molar-refractivity contribution in [1.82, 2.24) is 15.0 Å². The van der Waals surface area contributed by atoms with Crippen molar-refractivity contribution in [2.75, 3.05) is 0 Å². The predicted octanol–water partition coefficient (Wildman–Crippen LogP) is 3.18. The minimum absolute atomic E-state index is 0.180. The zero-order valence-corrected chi connectivity index (χ0v) is 15.8. The summed E-state index contributed by atoms with van der Waals surface area (Å²) in [6, 6.07) is 11.4. The lowest BCUT2D eigenvalue weighted by Crippen LogP contribution is -2.30. The molecule has 7 nitrogen and oxygen atoms in total. The van der Waals surface area contributed by atoms with Gasteiger partial charge in [0.1, 0.15) is 17.1 Å². The third-order valence-electron chi connectivity index (χ3n) is 4.16. The van der Waals surface area contributed by atoms with E-state index in [1.165, 1.54) is 34.7 Å². The minimum atomic E-state index is -0.432. The average molecular weight is 392 g/mol. The summed E-state index contributed by atoms with van der Waals surface area (Å²) in [7, 11) is 0. The van der Waals surface area contributed by atoms with Crippen molar-refractivity contribution in [3.8, 4) is 11.1 Å². The van der Waals surface area contributed by atoms with Crippen molar-refractivity contribution in [3.05, 3.63) is 76.0 Å². The van der Waals surface area contributed by atoms with Gasteiger partial charge in [0.15, 0.2) is 0 Å². The number of nitrogens with one attached hydrogen (secondary N) is 1. The Morgan fingerprint density at radius 2 is 2.14 bits per heavy atom. The zero-order valence-electron chi connectivity index (χ0n) is 15.0. The fraction of sp³-hybridized carbons (Fsp3) is 0.100. The highest BCUT2D eigenvalue weighted by atomic mass is 32.1. The highest BCUT2D eigenvalue weighted by Gasteiger charge is 2.14. The molecule has 4 rings (SSSR count). The summed E-state index contributed by atoms with van der Waals surface area (Å²) < 4.78 is 6.37. The molecular formula is C20H16N4O3S. The molecule has 4 aromatic rings. The number of benzene rings is 1. The van der Waals surface area contributed by atoms with Crippen molar-refractivity contribution in [2.45, 2.75) is 13.5 Å². The van der Waals surface area contributed by atoms with E-state index in [1.54, 1.807) is 12.1 Å². The fourth-order valence-electron chi connectivity index (χ4n) is 2.75. The van der Waals surface area contributed by atoms with Crippen molar-refractivity contribution < 1.29 is 9.21 Å².